The lowest BCUT2D eigenvalue weighted by Crippen LogP contribution is -2.02. The van der Waals surface area contributed by atoms with Crippen LogP contribution in [0.1, 0.15) is 35.7 Å². The predicted octanol–water partition coefficient (Wildman–Crippen LogP) is 2.74. The van der Waals surface area contributed by atoms with E-state index in [-0.39, 0.29) is 0 Å². The SMILES string of the molecule is CCC/C(=C\C(=O)O)c1cccc(C(=O)OC)c1. The van der Waals surface area contributed by atoms with Gasteiger partial charge >= 0.3 is 11.9 Å². The Morgan fingerprint density at radius 3 is 2.56 bits per heavy atom. The molecule has 0 saturated heterocycles. The van der Waals surface area contributed by atoms with E-state index >= 15 is 0 Å². The molecule has 0 fully saturated rings. The van der Waals surface area contributed by atoms with Crippen molar-refractivity contribution in [2.24, 2.45) is 0 Å². The van der Waals surface area contributed by atoms with E-state index in [1.165, 1.54) is 13.2 Å². The minimum atomic E-state index is -0.984. The molecule has 0 aliphatic carbocycles. The summed E-state index contributed by atoms with van der Waals surface area (Å²) < 4.78 is 4.64. The van der Waals surface area contributed by atoms with Gasteiger partial charge in [0.25, 0.3) is 0 Å². The van der Waals surface area contributed by atoms with E-state index in [9.17, 15) is 9.59 Å². The molecule has 0 aromatic heterocycles. The summed E-state index contributed by atoms with van der Waals surface area (Å²) in [6.07, 6.45) is 2.67. The first-order chi connectivity index (χ1) is 8.58. The van der Waals surface area contributed by atoms with Crippen molar-refractivity contribution in [3.05, 3.63) is 41.5 Å². The quantitative estimate of drug-likeness (QED) is 0.642. The highest BCUT2D eigenvalue weighted by Crippen LogP contribution is 2.21. The summed E-state index contributed by atoms with van der Waals surface area (Å²) in [5.74, 6) is -1.41. The van der Waals surface area contributed by atoms with Crippen LogP contribution in [0.25, 0.3) is 5.57 Å². The van der Waals surface area contributed by atoms with Crippen molar-refractivity contribution in [2.75, 3.05) is 7.11 Å². The van der Waals surface area contributed by atoms with Crippen molar-refractivity contribution in [3.8, 4) is 0 Å². The highest BCUT2D eigenvalue weighted by Gasteiger charge is 2.09. The van der Waals surface area contributed by atoms with Crippen molar-refractivity contribution < 1.29 is 19.4 Å². The van der Waals surface area contributed by atoms with Gasteiger partial charge < -0.3 is 9.84 Å². The molecule has 18 heavy (non-hydrogen) atoms. The van der Waals surface area contributed by atoms with Gasteiger partial charge in [0, 0.05) is 6.08 Å². The number of rotatable bonds is 5. The van der Waals surface area contributed by atoms with E-state index in [2.05, 4.69) is 4.74 Å². The van der Waals surface area contributed by atoms with Crippen molar-refractivity contribution in [3.63, 3.8) is 0 Å². The average Bonchev–Trinajstić information content (AvgIpc) is 2.37. The Labute approximate surface area is 106 Å². The number of ether oxygens (including phenoxy) is 1. The minimum absolute atomic E-state index is 0.419. The number of hydrogen-bond donors (Lipinski definition) is 1. The van der Waals surface area contributed by atoms with E-state index in [1.807, 2.05) is 6.92 Å². The van der Waals surface area contributed by atoms with Crippen LogP contribution in [-0.4, -0.2) is 24.2 Å². The van der Waals surface area contributed by atoms with Crippen molar-refractivity contribution in [2.45, 2.75) is 19.8 Å². The zero-order valence-electron chi connectivity index (χ0n) is 10.5. The van der Waals surface area contributed by atoms with Gasteiger partial charge in [0.15, 0.2) is 0 Å². The number of carboxylic acids is 1. The Morgan fingerprint density at radius 2 is 2.00 bits per heavy atom. The van der Waals surface area contributed by atoms with Crippen LogP contribution in [0.15, 0.2) is 30.3 Å². The highest BCUT2D eigenvalue weighted by molar-refractivity contribution is 5.93. The zero-order valence-corrected chi connectivity index (χ0v) is 10.5. The Hall–Kier alpha value is -2.10. The molecule has 1 N–H and O–H groups in total. The number of carbonyl (C=O) groups excluding carboxylic acids is 1. The molecule has 1 aromatic carbocycles. The molecule has 4 nitrogen and oxygen atoms in total. The fourth-order valence-electron chi connectivity index (χ4n) is 1.68. The smallest absolute Gasteiger partial charge is 0.337 e. The van der Waals surface area contributed by atoms with Gasteiger partial charge in [0.1, 0.15) is 0 Å². The maximum atomic E-state index is 11.4. The molecule has 0 unspecified atom stereocenters. The van der Waals surface area contributed by atoms with E-state index in [4.69, 9.17) is 5.11 Å². The van der Waals surface area contributed by atoms with Crippen LogP contribution in [0, 0.1) is 0 Å². The second-order valence-electron chi connectivity index (χ2n) is 3.83. The molecule has 0 spiro atoms. The topological polar surface area (TPSA) is 63.6 Å². The maximum absolute atomic E-state index is 11.4. The fourth-order valence-corrected chi connectivity index (χ4v) is 1.68. The summed E-state index contributed by atoms with van der Waals surface area (Å²) in [5, 5.41) is 8.83. The lowest BCUT2D eigenvalue weighted by Gasteiger charge is -2.07. The summed E-state index contributed by atoms with van der Waals surface area (Å²) >= 11 is 0. The third-order valence-electron chi connectivity index (χ3n) is 2.47. The number of allylic oxidation sites excluding steroid dienone is 1. The van der Waals surface area contributed by atoms with Crippen molar-refractivity contribution in [1.29, 1.82) is 0 Å². The number of carboxylic acid groups (broad SMARTS) is 1. The Kier molecular flexibility index (Phi) is 5.11. The molecular formula is C14H16O4. The lowest BCUT2D eigenvalue weighted by atomic mass is 9.99. The first kappa shape index (κ1) is 14.0. The molecule has 4 heteroatoms. The summed E-state index contributed by atoms with van der Waals surface area (Å²) in [4.78, 5) is 22.2. The average molecular weight is 248 g/mol. The van der Waals surface area contributed by atoms with Crippen LogP contribution in [0.2, 0.25) is 0 Å². The van der Waals surface area contributed by atoms with Gasteiger partial charge in [-0.2, -0.15) is 0 Å². The second-order valence-corrected chi connectivity index (χ2v) is 3.83. The van der Waals surface area contributed by atoms with Crippen molar-refractivity contribution >= 4 is 17.5 Å². The molecule has 0 saturated carbocycles. The maximum Gasteiger partial charge on any atom is 0.337 e. The van der Waals surface area contributed by atoms with Gasteiger partial charge in [-0.3, -0.25) is 0 Å². The van der Waals surface area contributed by atoms with E-state index in [0.29, 0.717) is 17.6 Å². The standard InChI is InChI=1S/C14H16O4/c1-3-5-10(9-13(15)16)11-6-4-7-12(8-11)14(17)18-2/h4,6-9H,3,5H2,1-2H3,(H,15,16)/b10-9+. The third kappa shape index (κ3) is 3.73. The molecule has 0 aliphatic rings. The summed E-state index contributed by atoms with van der Waals surface area (Å²) in [7, 11) is 1.31. The van der Waals surface area contributed by atoms with Crippen molar-refractivity contribution in [1.82, 2.24) is 0 Å². The van der Waals surface area contributed by atoms with Crippen LogP contribution in [-0.2, 0) is 9.53 Å². The lowest BCUT2D eigenvalue weighted by molar-refractivity contribution is -0.131. The Balaban J connectivity index is 3.13. The van der Waals surface area contributed by atoms with Gasteiger partial charge in [0.05, 0.1) is 12.7 Å². The number of benzene rings is 1. The summed E-state index contributed by atoms with van der Waals surface area (Å²) in [5.41, 5.74) is 1.86. The summed E-state index contributed by atoms with van der Waals surface area (Å²) in [6.45, 7) is 1.97. The van der Waals surface area contributed by atoms with Gasteiger partial charge in [0.2, 0.25) is 0 Å². The molecule has 0 amide bonds. The van der Waals surface area contributed by atoms with Gasteiger partial charge in [-0.1, -0.05) is 25.5 Å². The first-order valence-corrected chi connectivity index (χ1v) is 5.70. The number of esters is 1. The molecule has 1 rings (SSSR count). The van der Waals surface area contributed by atoms with E-state index in [0.717, 1.165) is 12.0 Å². The summed E-state index contributed by atoms with van der Waals surface area (Å²) in [6, 6.07) is 6.79. The zero-order chi connectivity index (χ0) is 13.5. The molecule has 1 aromatic rings. The van der Waals surface area contributed by atoms with Crippen LogP contribution < -0.4 is 0 Å². The monoisotopic (exact) mass is 248 g/mol. The molecule has 0 radical (unpaired) electrons. The number of methoxy groups -OCH3 is 1. The Morgan fingerprint density at radius 1 is 1.33 bits per heavy atom. The van der Waals surface area contributed by atoms with E-state index < -0.39 is 11.9 Å². The van der Waals surface area contributed by atoms with Crippen LogP contribution >= 0.6 is 0 Å². The van der Waals surface area contributed by atoms with E-state index in [1.54, 1.807) is 24.3 Å². The number of hydrogen-bond acceptors (Lipinski definition) is 3. The Bertz CT molecular complexity index is 474. The minimum Gasteiger partial charge on any atom is -0.478 e. The van der Waals surface area contributed by atoms with Crippen LogP contribution in [0.5, 0.6) is 0 Å². The largest absolute Gasteiger partial charge is 0.478 e. The van der Waals surface area contributed by atoms with Gasteiger partial charge in [-0.15, -0.1) is 0 Å². The molecule has 0 bridgehead atoms. The second kappa shape index (κ2) is 6.59. The molecule has 96 valence electrons. The molecule has 0 aliphatic heterocycles. The van der Waals surface area contributed by atoms with Gasteiger partial charge in [-0.25, -0.2) is 9.59 Å². The predicted molar refractivity (Wildman–Crippen MR) is 68.3 cm³/mol. The highest BCUT2D eigenvalue weighted by atomic mass is 16.5. The number of aliphatic carboxylic acids is 1. The molecule has 0 atom stereocenters. The number of carbonyl (C=O) groups is 2. The third-order valence-corrected chi connectivity index (χ3v) is 2.47. The van der Waals surface area contributed by atoms with Gasteiger partial charge in [-0.05, 0) is 29.7 Å². The fraction of sp³-hybridized carbons (Fsp3) is 0.286. The molecule has 0 heterocycles. The molecular weight excluding hydrogens is 232 g/mol. The normalized spacial score (nSPS) is 11.1. The first-order valence-electron chi connectivity index (χ1n) is 5.70. The van der Waals surface area contributed by atoms with Crippen LogP contribution in [0.3, 0.4) is 0 Å². The van der Waals surface area contributed by atoms with Crippen LogP contribution in [0.4, 0.5) is 0 Å².